The van der Waals surface area contributed by atoms with Crippen molar-refractivity contribution in [2.24, 2.45) is 0 Å². The fraction of sp³-hybridized carbons (Fsp3) is 0.600. The van der Waals surface area contributed by atoms with Crippen molar-refractivity contribution >= 4 is 17.7 Å². The largest absolute Gasteiger partial charge is 0.444 e. The van der Waals surface area contributed by atoms with Crippen LogP contribution in [-0.4, -0.2) is 41.6 Å². The van der Waals surface area contributed by atoms with E-state index < -0.39 is 11.6 Å². The van der Waals surface area contributed by atoms with Crippen molar-refractivity contribution in [3.63, 3.8) is 0 Å². The molecule has 0 aromatic heterocycles. The predicted molar refractivity (Wildman–Crippen MR) is 97.8 cm³/mol. The highest BCUT2D eigenvalue weighted by atomic mass is 16.6. The Morgan fingerprint density at radius 3 is 2.64 bits per heavy atom. The quantitative estimate of drug-likeness (QED) is 0.781. The highest BCUT2D eigenvalue weighted by Gasteiger charge is 2.39. The molecule has 0 bridgehead atoms. The van der Waals surface area contributed by atoms with Crippen LogP contribution in [0.3, 0.4) is 0 Å². The van der Waals surface area contributed by atoms with Gasteiger partial charge in [0.1, 0.15) is 11.6 Å². The van der Waals surface area contributed by atoms with Gasteiger partial charge in [-0.1, -0.05) is 17.7 Å². The monoisotopic (exact) mass is 344 g/mol. The van der Waals surface area contributed by atoms with E-state index in [1.54, 1.807) is 4.90 Å². The standard InChI is InChI=1S/C20H28N2O3/c1-14-9-10-16-15(13-14)7-5-11-21(16)18(23)17-8-6-12-22(17)19(24)25-20(2,3)4/h9-10,13,17H,5-8,11-12H2,1-4H3/t17-/m1/s1. The third-order valence-corrected chi connectivity index (χ3v) is 4.79. The van der Waals surface area contributed by atoms with Gasteiger partial charge in [0.25, 0.3) is 0 Å². The molecule has 136 valence electrons. The Morgan fingerprint density at radius 2 is 1.92 bits per heavy atom. The first kappa shape index (κ1) is 17.8. The molecule has 3 rings (SSSR count). The third-order valence-electron chi connectivity index (χ3n) is 4.79. The van der Waals surface area contributed by atoms with Gasteiger partial charge >= 0.3 is 6.09 Å². The molecule has 0 saturated carbocycles. The predicted octanol–water partition coefficient (Wildman–Crippen LogP) is 3.67. The molecule has 1 saturated heterocycles. The van der Waals surface area contributed by atoms with Crippen LogP contribution in [-0.2, 0) is 16.0 Å². The molecule has 2 heterocycles. The first-order valence-corrected chi connectivity index (χ1v) is 9.17. The first-order valence-electron chi connectivity index (χ1n) is 9.17. The zero-order valence-corrected chi connectivity index (χ0v) is 15.7. The molecule has 1 atom stereocenters. The van der Waals surface area contributed by atoms with Gasteiger partial charge in [0, 0.05) is 18.8 Å². The van der Waals surface area contributed by atoms with Gasteiger partial charge in [-0.3, -0.25) is 9.69 Å². The summed E-state index contributed by atoms with van der Waals surface area (Å²) in [6, 6.07) is 5.83. The summed E-state index contributed by atoms with van der Waals surface area (Å²) in [6.45, 7) is 8.92. The van der Waals surface area contributed by atoms with Gasteiger partial charge in [0.15, 0.2) is 0 Å². The van der Waals surface area contributed by atoms with Gasteiger partial charge < -0.3 is 9.64 Å². The summed E-state index contributed by atoms with van der Waals surface area (Å²) < 4.78 is 5.49. The molecule has 0 unspecified atom stereocenters. The Balaban J connectivity index is 1.80. The fourth-order valence-corrected chi connectivity index (χ4v) is 3.70. The Hall–Kier alpha value is -2.04. The van der Waals surface area contributed by atoms with Gasteiger partial charge in [-0.15, -0.1) is 0 Å². The van der Waals surface area contributed by atoms with Crippen molar-refractivity contribution < 1.29 is 14.3 Å². The third kappa shape index (κ3) is 3.80. The number of ether oxygens (including phenoxy) is 1. The van der Waals surface area contributed by atoms with Gasteiger partial charge in [-0.2, -0.15) is 0 Å². The number of nitrogens with zero attached hydrogens (tertiary/aromatic N) is 2. The molecule has 2 amide bonds. The van der Waals surface area contributed by atoms with E-state index in [-0.39, 0.29) is 12.0 Å². The minimum Gasteiger partial charge on any atom is -0.444 e. The van der Waals surface area contributed by atoms with Crippen molar-refractivity contribution in [3.05, 3.63) is 29.3 Å². The van der Waals surface area contributed by atoms with Gasteiger partial charge in [0.2, 0.25) is 5.91 Å². The average molecular weight is 344 g/mol. The van der Waals surface area contributed by atoms with E-state index in [2.05, 4.69) is 13.0 Å². The molecule has 0 N–H and O–H groups in total. The number of anilines is 1. The Bertz CT molecular complexity index is 678. The highest BCUT2D eigenvalue weighted by Crippen LogP contribution is 2.31. The second kappa shape index (κ2) is 6.70. The first-order chi connectivity index (χ1) is 11.8. The normalized spacial score (nSPS) is 20.4. The summed E-state index contributed by atoms with van der Waals surface area (Å²) in [4.78, 5) is 29.2. The molecule has 0 spiro atoms. The van der Waals surface area contributed by atoms with Crippen LogP contribution in [0.1, 0.15) is 51.2 Å². The average Bonchev–Trinajstić information content (AvgIpc) is 3.01. The molecule has 2 aliphatic heterocycles. The summed E-state index contributed by atoms with van der Waals surface area (Å²) in [6.07, 6.45) is 3.12. The number of benzene rings is 1. The van der Waals surface area contributed by atoms with Crippen LogP contribution >= 0.6 is 0 Å². The van der Waals surface area contributed by atoms with Gasteiger partial charge in [-0.25, -0.2) is 4.79 Å². The summed E-state index contributed by atoms with van der Waals surface area (Å²) in [5.41, 5.74) is 2.88. The van der Waals surface area contributed by atoms with Crippen LogP contribution in [0.2, 0.25) is 0 Å². The van der Waals surface area contributed by atoms with E-state index in [1.165, 1.54) is 11.1 Å². The Kier molecular flexibility index (Phi) is 4.76. The van der Waals surface area contributed by atoms with Crippen molar-refractivity contribution in [2.45, 2.75) is 65.0 Å². The molecule has 5 nitrogen and oxygen atoms in total. The topological polar surface area (TPSA) is 49.9 Å². The van der Waals surface area contributed by atoms with E-state index in [4.69, 9.17) is 4.74 Å². The van der Waals surface area contributed by atoms with E-state index >= 15 is 0 Å². The molecule has 1 aromatic carbocycles. The number of hydrogen-bond acceptors (Lipinski definition) is 3. The number of likely N-dealkylation sites (tertiary alicyclic amines) is 1. The molecule has 5 heteroatoms. The zero-order chi connectivity index (χ0) is 18.2. The van der Waals surface area contributed by atoms with Crippen LogP contribution in [0.5, 0.6) is 0 Å². The minimum atomic E-state index is -0.553. The molecule has 0 radical (unpaired) electrons. The fourth-order valence-electron chi connectivity index (χ4n) is 3.70. The number of carbonyl (C=O) groups is 2. The van der Waals surface area contributed by atoms with Crippen LogP contribution in [0, 0.1) is 6.92 Å². The number of aryl methyl sites for hydroxylation is 2. The van der Waals surface area contributed by atoms with Crippen LogP contribution in [0.4, 0.5) is 10.5 Å². The maximum absolute atomic E-state index is 13.2. The number of rotatable bonds is 1. The minimum absolute atomic E-state index is 0.0214. The van der Waals surface area contributed by atoms with E-state index in [0.717, 1.165) is 24.9 Å². The number of hydrogen-bond donors (Lipinski definition) is 0. The van der Waals surface area contributed by atoms with Crippen molar-refractivity contribution in [1.29, 1.82) is 0 Å². The molecule has 1 fully saturated rings. The summed E-state index contributed by atoms with van der Waals surface area (Å²) >= 11 is 0. The van der Waals surface area contributed by atoms with Crippen molar-refractivity contribution in [1.82, 2.24) is 4.90 Å². The van der Waals surface area contributed by atoms with Crippen LogP contribution < -0.4 is 4.90 Å². The van der Waals surface area contributed by atoms with Crippen molar-refractivity contribution in [3.8, 4) is 0 Å². The number of carbonyl (C=O) groups excluding carboxylic acids is 2. The maximum atomic E-state index is 13.2. The summed E-state index contributed by atoms with van der Waals surface area (Å²) in [5.74, 6) is 0.0214. The lowest BCUT2D eigenvalue weighted by Gasteiger charge is -2.34. The smallest absolute Gasteiger partial charge is 0.410 e. The van der Waals surface area contributed by atoms with Crippen LogP contribution in [0.15, 0.2) is 18.2 Å². The zero-order valence-electron chi connectivity index (χ0n) is 15.7. The Labute approximate surface area is 149 Å². The molecule has 0 aliphatic carbocycles. The molecular formula is C20H28N2O3. The molecular weight excluding hydrogens is 316 g/mol. The van der Waals surface area contributed by atoms with E-state index in [9.17, 15) is 9.59 Å². The van der Waals surface area contributed by atoms with E-state index in [0.29, 0.717) is 19.5 Å². The Morgan fingerprint density at radius 1 is 1.16 bits per heavy atom. The molecule has 25 heavy (non-hydrogen) atoms. The SMILES string of the molecule is Cc1ccc2c(c1)CCCN2C(=O)[C@H]1CCCN1C(=O)OC(C)(C)C. The van der Waals surface area contributed by atoms with Crippen LogP contribution in [0.25, 0.3) is 0 Å². The lowest BCUT2D eigenvalue weighted by molar-refractivity contribution is -0.123. The van der Waals surface area contributed by atoms with Crippen molar-refractivity contribution in [2.75, 3.05) is 18.0 Å². The number of amides is 2. The maximum Gasteiger partial charge on any atom is 0.410 e. The highest BCUT2D eigenvalue weighted by molar-refractivity contribution is 6.00. The number of fused-ring (bicyclic) bond motifs is 1. The lowest BCUT2D eigenvalue weighted by Crippen LogP contribution is -2.50. The summed E-state index contributed by atoms with van der Waals surface area (Å²) in [5, 5.41) is 0. The molecule has 2 aliphatic rings. The lowest BCUT2D eigenvalue weighted by atomic mass is 9.98. The van der Waals surface area contributed by atoms with Gasteiger partial charge in [-0.05, 0) is 65.0 Å². The summed E-state index contributed by atoms with van der Waals surface area (Å²) in [7, 11) is 0. The second-order valence-electron chi connectivity index (χ2n) is 8.06. The molecule has 1 aromatic rings. The van der Waals surface area contributed by atoms with Gasteiger partial charge in [0.05, 0.1) is 0 Å². The second-order valence-corrected chi connectivity index (χ2v) is 8.06. The van der Waals surface area contributed by atoms with E-state index in [1.807, 2.05) is 37.8 Å².